The second-order valence-corrected chi connectivity index (χ2v) is 5.77. The molecule has 0 amide bonds. The third-order valence-electron chi connectivity index (χ3n) is 3.51. The van der Waals surface area contributed by atoms with Gasteiger partial charge in [0, 0.05) is 0 Å². The van der Waals surface area contributed by atoms with Crippen molar-refractivity contribution in [2.24, 2.45) is 0 Å². The van der Waals surface area contributed by atoms with Crippen molar-refractivity contribution in [3.05, 3.63) is 0 Å². The van der Waals surface area contributed by atoms with Crippen LogP contribution in [0.1, 0.15) is 111 Å². The largest absolute Gasteiger partial charge is 0.179 e. The maximum atomic E-state index is 4.23. The summed E-state index contributed by atoms with van der Waals surface area (Å²) < 4.78 is 0. The van der Waals surface area contributed by atoms with Crippen LogP contribution in [0.3, 0.4) is 0 Å². The van der Waals surface area contributed by atoms with Crippen molar-refractivity contribution in [2.75, 3.05) is 5.75 Å². The molecule has 0 rings (SSSR count). The fourth-order valence-corrected chi connectivity index (χ4v) is 2.53. The smallest absolute Gasteiger partial charge is 0.00979 e. The van der Waals surface area contributed by atoms with E-state index in [2.05, 4.69) is 19.6 Å². The molecule has 0 N–H and O–H groups in total. The third kappa shape index (κ3) is 23.8. The standard InChI is InChI=1S/C16H34S.C2H6/c1-2-3-4-5-6-7-8-9-10-11-12-13-14-15-16-17;1-2/h17H,2-16H2,1H3;1-2H3. The molecule has 118 valence electrons. The number of hydrogen-bond donors (Lipinski definition) is 1. The Morgan fingerprint density at radius 2 is 0.737 bits per heavy atom. The van der Waals surface area contributed by atoms with Crippen LogP contribution < -0.4 is 0 Å². The quantitative estimate of drug-likeness (QED) is 0.249. The summed E-state index contributed by atoms with van der Waals surface area (Å²) in [6, 6.07) is 0. The Morgan fingerprint density at radius 1 is 0.474 bits per heavy atom. The van der Waals surface area contributed by atoms with E-state index < -0.39 is 0 Å². The van der Waals surface area contributed by atoms with Crippen molar-refractivity contribution in [1.82, 2.24) is 0 Å². The van der Waals surface area contributed by atoms with Crippen LogP contribution in [0.4, 0.5) is 0 Å². The average Bonchev–Trinajstić information content (AvgIpc) is 2.46. The molecule has 0 heterocycles. The van der Waals surface area contributed by atoms with Gasteiger partial charge < -0.3 is 0 Å². The summed E-state index contributed by atoms with van der Waals surface area (Å²) in [4.78, 5) is 0. The molecule has 0 saturated heterocycles. The summed E-state index contributed by atoms with van der Waals surface area (Å²) in [5.74, 6) is 1.07. The Hall–Kier alpha value is 0.350. The van der Waals surface area contributed by atoms with Gasteiger partial charge in [-0.1, -0.05) is 104 Å². The molecule has 0 aromatic rings. The molecule has 0 aliphatic heterocycles. The Balaban J connectivity index is 0. The van der Waals surface area contributed by atoms with Crippen LogP contribution in [0.2, 0.25) is 0 Å². The predicted octanol–water partition coefficient (Wildman–Crippen LogP) is 7.42. The summed E-state index contributed by atoms with van der Waals surface area (Å²) in [6.45, 7) is 6.29. The molecule has 0 nitrogen and oxygen atoms in total. The van der Waals surface area contributed by atoms with E-state index in [4.69, 9.17) is 0 Å². The highest BCUT2D eigenvalue weighted by Crippen LogP contribution is 2.12. The van der Waals surface area contributed by atoms with Gasteiger partial charge in [0.2, 0.25) is 0 Å². The lowest BCUT2D eigenvalue weighted by molar-refractivity contribution is 0.538. The molecule has 19 heavy (non-hydrogen) atoms. The molecule has 0 aliphatic carbocycles. The highest BCUT2D eigenvalue weighted by atomic mass is 32.1. The molecular formula is C18H40S. The Morgan fingerprint density at radius 3 is 1.00 bits per heavy atom. The first kappa shape index (κ1) is 21.6. The van der Waals surface area contributed by atoms with Gasteiger partial charge in [0.25, 0.3) is 0 Å². The SMILES string of the molecule is CC.CCCCCCCCCCCCCCCCS. The number of hydrogen-bond acceptors (Lipinski definition) is 1. The summed E-state index contributed by atoms with van der Waals surface area (Å²) >= 11 is 4.23. The van der Waals surface area contributed by atoms with Crippen molar-refractivity contribution in [3.8, 4) is 0 Å². The van der Waals surface area contributed by atoms with Gasteiger partial charge in [-0.2, -0.15) is 12.6 Å². The van der Waals surface area contributed by atoms with Gasteiger partial charge in [-0.05, 0) is 12.2 Å². The van der Waals surface area contributed by atoms with E-state index in [1.807, 2.05) is 13.8 Å². The van der Waals surface area contributed by atoms with E-state index in [1.54, 1.807) is 0 Å². The Bertz CT molecular complexity index is 109. The fourth-order valence-electron chi connectivity index (χ4n) is 2.31. The number of rotatable bonds is 14. The maximum Gasteiger partial charge on any atom is -0.00979 e. The van der Waals surface area contributed by atoms with Crippen molar-refractivity contribution >= 4 is 12.6 Å². The van der Waals surface area contributed by atoms with Gasteiger partial charge >= 0.3 is 0 Å². The molecule has 0 aromatic heterocycles. The van der Waals surface area contributed by atoms with Crippen LogP contribution >= 0.6 is 12.6 Å². The van der Waals surface area contributed by atoms with E-state index >= 15 is 0 Å². The zero-order valence-corrected chi connectivity index (χ0v) is 14.9. The van der Waals surface area contributed by atoms with Crippen LogP contribution in [0.25, 0.3) is 0 Å². The fraction of sp³-hybridized carbons (Fsp3) is 1.00. The van der Waals surface area contributed by atoms with Crippen LogP contribution in [-0.2, 0) is 0 Å². The molecule has 1 heteroatoms. The topological polar surface area (TPSA) is 0 Å². The normalized spacial score (nSPS) is 10.1. The highest BCUT2D eigenvalue weighted by molar-refractivity contribution is 7.80. The van der Waals surface area contributed by atoms with E-state index in [1.165, 1.54) is 89.9 Å². The Kier molecular flexibility index (Phi) is 26.7. The molecule has 0 aliphatic rings. The number of thiol groups is 1. The molecule has 0 saturated carbocycles. The first-order valence-corrected chi connectivity index (χ1v) is 9.66. The highest BCUT2D eigenvalue weighted by Gasteiger charge is 1.93. The summed E-state index contributed by atoms with van der Waals surface area (Å²) in [5, 5.41) is 0. The van der Waals surface area contributed by atoms with E-state index in [0.717, 1.165) is 5.75 Å². The van der Waals surface area contributed by atoms with Crippen LogP contribution in [0, 0.1) is 0 Å². The monoisotopic (exact) mass is 288 g/mol. The lowest BCUT2D eigenvalue weighted by atomic mass is 10.0. The second kappa shape index (κ2) is 23.4. The van der Waals surface area contributed by atoms with Crippen LogP contribution in [0.5, 0.6) is 0 Å². The zero-order chi connectivity index (χ0) is 14.6. The summed E-state index contributed by atoms with van der Waals surface area (Å²) in [7, 11) is 0. The molecule has 0 unspecified atom stereocenters. The third-order valence-corrected chi connectivity index (χ3v) is 3.83. The zero-order valence-electron chi connectivity index (χ0n) is 14.1. The summed E-state index contributed by atoms with van der Waals surface area (Å²) in [5.41, 5.74) is 0. The molecule has 0 bridgehead atoms. The minimum Gasteiger partial charge on any atom is -0.179 e. The number of unbranched alkanes of at least 4 members (excludes halogenated alkanes) is 13. The molecule has 0 aromatic carbocycles. The molecule has 0 spiro atoms. The van der Waals surface area contributed by atoms with Gasteiger partial charge in [0.15, 0.2) is 0 Å². The van der Waals surface area contributed by atoms with Crippen LogP contribution in [-0.4, -0.2) is 5.75 Å². The van der Waals surface area contributed by atoms with Crippen molar-refractivity contribution < 1.29 is 0 Å². The first-order chi connectivity index (χ1) is 9.41. The molecule has 0 radical (unpaired) electrons. The summed E-state index contributed by atoms with van der Waals surface area (Å²) in [6.07, 6.45) is 20.1. The predicted molar refractivity (Wildman–Crippen MR) is 95.5 cm³/mol. The lowest BCUT2D eigenvalue weighted by Gasteiger charge is -2.02. The van der Waals surface area contributed by atoms with E-state index in [-0.39, 0.29) is 0 Å². The van der Waals surface area contributed by atoms with Gasteiger partial charge in [-0.3, -0.25) is 0 Å². The van der Waals surface area contributed by atoms with E-state index in [9.17, 15) is 0 Å². The van der Waals surface area contributed by atoms with Gasteiger partial charge in [-0.15, -0.1) is 0 Å². The van der Waals surface area contributed by atoms with Crippen molar-refractivity contribution in [2.45, 2.75) is 111 Å². The van der Waals surface area contributed by atoms with Crippen molar-refractivity contribution in [1.29, 1.82) is 0 Å². The van der Waals surface area contributed by atoms with Gasteiger partial charge in [-0.25, -0.2) is 0 Å². The Labute approximate surface area is 129 Å². The maximum absolute atomic E-state index is 4.23. The second-order valence-electron chi connectivity index (χ2n) is 5.32. The van der Waals surface area contributed by atoms with Gasteiger partial charge in [0.05, 0.1) is 0 Å². The molecule has 0 fully saturated rings. The molecular weight excluding hydrogens is 248 g/mol. The first-order valence-electron chi connectivity index (χ1n) is 9.02. The lowest BCUT2D eigenvalue weighted by Crippen LogP contribution is -1.83. The van der Waals surface area contributed by atoms with E-state index in [0.29, 0.717) is 0 Å². The minimum atomic E-state index is 1.07. The molecule has 0 atom stereocenters. The average molecular weight is 289 g/mol. The van der Waals surface area contributed by atoms with Crippen molar-refractivity contribution in [3.63, 3.8) is 0 Å². The van der Waals surface area contributed by atoms with Gasteiger partial charge in [0.1, 0.15) is 0 Å². The minimum absolute atomic E-state index is 1.07. The van der Waals surface area contributed by atoms with Crippen LogP contribution in [0.15, 0.2) is 0 Å².